The van der Waals surface area contributed by atoms with Gasteiger partial charge < -0.3 is 15.5 Å². The van der Waals surface area contributed by atoms with Gasteiger partial charge in [0.05, 0.1) is 18.8 Å². The van der Waals surface area contributed by atoms with Crippen molar-refractivity contribution in [2.75, 3.05) is 13.2 Å². The van der Waals surface area contributed by atoms with Crippen LogP contribution in [0.15, 0.2) is 22.7 Å². The number of rotatable bonds is 6. The maximum atomic E-state index is 9.32. The molecule has 0 aliphatic rings. The second-order valence-corrected chi connectivity index (χ2v) is 5.33. The normalized spacial score (nSPS) is 11.8. The Morgan fingerprint density at radius 2 is 2.00 bits per heavy atom. The smallest absolute Gasteiger partial charge is 0.0648 e. The van der Waals surface area contributed by atoms with E-state index in [1.54, 1.807) is 6.07 Å². The molecule has 0 amide bonds. The number of aliphatic hydroxyl groups is 2. The molecule has 0 saturated carbocycles. The zero-order valence-corrected chi connectivity index (χ0v) is 12.1. The lowest BCUT2D eigenvalue weighted by atomic mass is 9.98. The molecule has 1 aromatic carbocycles. The molecule has 0 aliphatic heterocycles. The summed E-state index contributed by atoms with van der Waals surface area (Å²) in [6.45, 7) is 2.26. The molecule has 96 valence electrons. The molecule has 0 spiro atoms. The van der Waals surface area contributed by atoms with Gasteiger partial charge in [-0.25, -0.2) is 0 Å². The third-order valence-electron chi connectivity index (χ3n) is 2.94. The Morgan fingerprint density at radius 3 is 2.53 bits per heavy atom. The molecule has 0 saturated heterocycles. The predicted octanol–water partition coefficient (Wildman–Crippen LogP) is 2.33. The highest BCUT2D eigenvalue weighted by molar-refractivity contribution is 9.10. The Kier molecular flexibility index (Phi) is 5.89. The first-order valence-electron chi connectivity index (χ1n) is 5.47. The van der Waals surface area contributed by atoms with Crippen molar-refractivity contribution < 1.29 is 10.2 Å². The van der Waals surface area contributed by atoms with E-state index in [0.29, 0.717) is 18.0 Å². The first-order valence-corrected chi connectivity index (χ1v) is 6.64. The van der Waals surface area contributed by atoms with Gasteiger partial charge in [0.15, 0.2) is 0 Å². The summed E-state index contributed by atoms with van der Waals surface area (Å²) in [5.41, 5.74) is 0.360. The topological polar surface area (TPSA) is 52.5 Å². The summed E-state index contributed by atoms with van der Waals surface area (Å²) in [5.74, 6) is 0. The Bertz CT molecular complexity index is 361. The van der Waals surface area contributed by atoms with Crippen LogP contribution in [0.25, 0.3) is 0 Å². The number of benzene rings is 1. The molecule has 3 nitrogen and oxygen atoms in total. The van der Waals surface area contributed by atoms with E-state index >= 15 is 0 Å². The van der Waals surface area contributed by atoms with Gasteiger partial charge in [-0.2, -0.15) is 0 Å². The molecule has 0 fully saturated rings. The van der Waals surface area contributed by atoms with Gasteiger partial charge in [-0.15, -0.1) is 0 Å². The SMILES string of the molecule is CCC(CO)(CO)NCc1cc(Cl)ccc1Br. The molecule has 5 heteroatoms. The third kappa shape index (κ3) is 3.93. The second-order valence-electron chi connectivity index (χ2n) is 4.04. The fraction of sp³-hybridized carbons (Fsp3) is 0.500. The third-order valence-corrected chi connectivity index (χ3v) is 3.95. The lowest BCUT2D eigenvalue weighted by Crippen LogP contribution is -2.50. The Morgan fingerprint density at radius 1 is 1.35 bits per heavy atom. The van der Waals surface area contributed by atoms with Crippen LogP contribution in [0.2, 0.25) is 5.02 Å². The molecule has 3 N–H and O–H groups in total. The summed E-state index contributed by atoms with van der Waals surface area (Å²) >= 11 is 9.36. The van der Waals surface area contributed by atoms with E-state index in [1.807, 2.05) is 19.1 Å². The van der Waals surface area contributed by atoms with Crippen LogP contribution < -0.4 is 5.32 Å². The minimum Gasteiger partial charge on any atom is -0.394 e. The van der Waals surface area contributed by atoms with Crippen molar-refractivity contribution in [3.8, 4) is 0 Å². The summed E-state index contributed by atoms with van der Waals surface area (Å²) in [6, 6.07) is 5.54. The van der Waals surface area contributed by atoms with Crippen molar-refractivity contribution in [2.45, 2.75) is 25.4 Å². The van der Waals surface area contributed by atoms with Crippen LogP contribution in [-0.4, -0.2) is 29.0 Å². The highest BCUT2D eigenvalue weighted by Crippen LogP contribution is 2.22. The first-order chi connectivity index (χ1) is 8.06. The van der Waals surface area contributed by atoms with E-state index in [1.165, 1.54) is 0 Å². The number of halogens is 2. The number of aliphatic hydroxyl groups excluding tert-OH is 2. The number of hydrogen-bond donors (Lipinski definition) is 3. The van der Waals surface area contributed by atoms with E-state index in [0.717, 1.165) is 10.0 Å². The summed E-state index contributed by atoms with van der Waals surface area (Å²) in [7, 11) is 0. The van der Waals surface area contributed by atoms with Gasteiger partial charge in [-0.05, 0) is 30.2 Å². The van der Waals surface area contributed by atoms with Crippen molar-refractivity contribution in [1.29, 1.82) is 0 Å². The van der Waals surface area contributed by atoms with Crippen molar-refractivity contribution in [1.82, 2.24) is 5.32 Å². The summed E-state index contributed by atoms with van der Waals surface area (Å²) < 4.78 is 0.954. The second kappa shape index (κ2) is 6.71. The Hall–Kier alpha value is -0.130. The minimum atomic E-state index is -0.637. The van der Waals surface area contributed by atoms with E-state index in [2.05, 4.69) is 21.2 Å². The number of nitrogens with one attached hydrogen (secondary N) is 1. The zero-order chi connectivity index (χ0) is 12.9. The largest absolute Gasteiger partial charge is 0.394 e. The van der Waals surface area contributed by atoms with Crippen LogP contribution in [0.3, 0.4) is 0 Å². The lowest BCUT2D eigenvalue weighted by Gasteiger charge is -2.30. The van der Waals surface area contributed by atoms with Gasteiger partial charge in [0.25, 0.3) is 0 Å². The highest BCUT2D eigenvalue weighted by atomic mass is 79.9. The predicted molar refractivity (Wildman–Crippen MR) is 73.2 cm³/mol. The average Bonchev–Trinajstić information content (AvgIpc) is 2.35. The molecule has 0 atom stereocenters. The zero-order valence-electron chi connectivity index (χ0n) is 9.71. The van der Waals surface area contributed by atoms with Gasteiger partial charge in [-0.1, -0.05) is 34.5 Å². The molecule has 0 radical (unpaired) electrons. The fourth-order valence-corrected chi connectivity index (χ4v) is 2.05. The van der Waals surface area contributed by atoms with Crippen LogP contribution in [0, 0.1) is 0 Å². The molecule has 17 heavy (non-hydrogen) atoms. The van der Waals surface area contributed by atoms with Crippen molar-refractivity contribution in [3.63, 3.8) is 0 Å². The molecule has 0 heterocycles. The van der Waals surface area contributed by atoms with E-state index in [-0.39, 0.29) is 13.2 Å². The molecular weight excluding hydrogens is 305 g/mol. The molecule has 0 unspecified atom stereocenters. The number of hydrogen-bond acceptors (Lipinski definition) is 3. The van der Waals surface area contributed by atoms with Gasteiger partial charge in [0.1, 0.15) is 0 Å². The molecule has 1 aromatic rings. The van der Waals surface area contributed by atoms with Gasteiger partial charge in [0, 0.05) is 16.0 Å². The average molecular weight is 323 g/mol. The molecule has 0 aromatic heterocycles. The Balaban J connectivity index is 2.75. The molecular formula is C12H17BrClNO2. The summed E-state index contributed by atoms with van der Waals surface area (Å²) in [6.07, 6.45) is 0.651. The van der Waals surface area contributed by atoms with Gasteiger partial charge in [0.2, 0.25) is 0 Å². The van der Waals surface area contributed by atoms with Crippen LogP contribution >= 0.6 is 27.5 Å². The highest BCUT2D eigenvalue weighted by Gasteiger charge is 2.25. The monoisotopic (exact) mass is 321 g/mol. The van der Waals surface area contributed by atoms with Gasteiger partial charge in [-0.3, -0.25) is 0 Å². The van der Waals surface area contributed by atoms with Crippen molar-refractivity contribution >= 4 is 27.5 Å². The molecule has 0 aliphatic carbocycles. The van der Waals surface area contributed by atoms with Gasteiger partial charge >= 0.3 is 0 Å². The van der Waals surface area contributed by atoms with E-state index < -0.39 is 5.54 Å². The minimum absolute atomic E-state index is 0.0990. The van der Waals surface area contributed by atoms with Crippen LogP contribution in [-0.2, 0) is 6.54 Å². The molecule has 1 rings (SSSR count). The van der Waals surface area contributed by atoms with E-state index in [4.69, 9.17) is 11.6 Å². The maximum Gasteiger partial charge on any atom is 0.0648 e. The van der Waals surface area contributed by atoms with Crippen molar-refractivity contribution in [3.05, 3.63) is 33.3 Å². The van der Waals surface area contributed by atoms with Crippen LogP contribution in [0.5, 0.6) is 0 Å². The standard InChI is InChI=1S/C12H17BrClNO2/c1-2-12(7-16,8-17)15-6-9-5-10(14)3-4-11(9)13/h3-5,15-17H,2,6-8H2,1H3. The molecule has 0 bridgehead atoms. The lowest BCUT2D eigenvalue weighted by molar-refractivity contribution is 0.0863. The summed E-state index contributed by atoms with van der Waals surface area (Å²) in [5, 5.41) is 22.5. The quantitative estimate of drug-likeness (QED) is 0.753. The van der Waals surface area contributed by atoms with Crippen LogP contribution in [0.1, 0.15) is 18.9 Å². The maximum absolute atomic E-state index is 9.32. The fourth-order valence-electron chi connectivity index (χ4n) is 1.47. The first kappa shape index (κ1) is 14.9. The van der Waals surface area contributed by atoms with Crippen molar-refractivity contribution in [2.24, 2.45) is 0 Å². The Labute approximate surface area is 115 Å². The van der Waals surface area contributed by atoms with Crippen LogP contribution in [0.4, 0.5) is 0 Å². The summed E-state index contributed by atoms with van der Waals surface area (Å²) in [4.78, 5) is 0. The van der Waals surface area contributed by atoms with E-state index in [9.17, 15) is 10.2 Å².